The van der Waals surface area contributed by atoms with Gasteiger partial charge in [-0.25, -0.2) is 0 Å². The Morgan fingerprint density at radius 1 is 0.424 bits per heavy atom. The molecule has 432 valence electrons. The molecule has 3 aliphatic heterocycles. The fourth-order valence-corrected chi connectivity index (χ4v) is 17.3. The summed E-state index contributed by atoms with van der Waals surface area (Å²) >= 11 is 0. The van der Waals surface area contributed by atoms with Gasteiger partial charge in [-0.05, 0) is 193 Å². The van der Waals surface area contributed by atoms with Gasteiger partial charge in [0.2, 0.25) is 0 Å². The lowest BCUT2D eigenvalue weighted by atomic mass is 9.33. The molecule has 0 amide bonds. The van der Waals surface area contributed by atoms with Crippen LogP contribution in [0.15, 0.2) is 150 Å². The van der Waals surface area contributed by atoms with Crippen LogP contribution in [0.2, 0.25) is 0 Å². The van der Waals surface area contributed by atoms with Gasteiger partial charge in [0.25, 0.3) is 6.71 Å². The van der Waals surface area contributed by atoms with Crippen molar-refractivity contribution >= 4 is 90.5 Å². The van der Waals surface area contributed by atoms with Gasteiger partial charge in [0.05, 0.1) is 16.9 Å². The summed E-state index contributed by atoms with van der Waals surface area (Å²) in [5, 5.41) is 2.29. The van der Waals surface area contributed by atoms with Crippen LogP contribution in [0, 0.1) is 0 Å². The van der Waals surface area contributed by atoms with Gasteiger partial charge in [0, 0.05) is 55.9 Å². The lowest BCUT2D eigenvalue weighted by Crippen LogP contribution is -2.62. The minimum atomic E-state index is -0.203. The van der Waals surface area contributed by atoms with Crippen molar-refractivity contribution < 1.29 is 4.42 Å². The molecule has 0 radical (unpaired) electrons. The van der Waals surface area contributed by atoms with E-state index in [1.165, 1.54) is 120 Å². The van der Waals surface area contributed by atoms with Crippen molar-refractivity contribution in [3.63, 3.8) is 0 Å². The normalized spacial score (nSPS) is 22.1. The van der Waals surface area contributed by atoms with E-state index in [4.69, 9.17) is 4.42 Å². The molecular formula is C80H88BN3O. The summed E-state index contributed by atoms with van der Waals surface area (Å²) in [6.07, 6.45) is 9.31. The van der Waals surface area contributed by atoms with Gasteiger partial charge in [-0.1, -0.05) is 208 Å². The van der Waals surface area contributed by atoms with Gasteiger partial charge in [-0.2, -0.15) is 0 Å². The second-order valence-corrected chi connectivity index (χ2v) is 32.2. The Kier molecular flexibility index (Phi) is 11.5. The molecule has 0 spiro atoms. The smallest absolute Gasteiger partial charge is 0.252 e. The van der Waals surface area contributed by atoms with E-state index in [0.717, 1.165) is 65.4 Å². The molecule has 1 saturated carbocycles. The molecule has 2 unspecified atom stereocenters. The number of nitrogens with zero attached hydrogens (tertiary/aromatic N) is 3. The van der Waals surface area contributed by atoms with Crippen molar-refractivity contribution in [3.05, 3.63) is 185 Å². The Bertz CT molecular complexity index is 4290. The maximum Gasteiger partial charge on any atom is 0.252 e. The first-order chi connectivity index (χ1) is 40.1. The molecule has 0 bridgehead atoms. The van der Waals surface area contributed by atoms with E-state index in [1.807, 2.05) is 0 Å². The third-order valence-electron chi connectivity index (χ3n) is 23.0. The molecular weight excluding hydrogens is 1030 g/mol. The summed E-state index contributed by atoms with van der Waals surface area (Å²) in [6, 6.07) is 58.1. The molecule has 15 rings (SSSR count). The summed E-state index contributed by atoms with van der Waals surface area (Å²) in [5.41, 5.74) is 28.0. The van der Waals surface area contributed by atoms with Crippen LogP contribution < -0.4 is 31.1 Å². The molecule has 6 aliphatic rings. The zero-order valence-electron chi connectivity index (χ0n) is 53.8. The van der Waals surface area contributed by atoms with Crippen molar-refractivity contribution in [3.8, 4) is 11.1 Å². The topological polar surface area (TPSA) is 22.9 Å². The van der Waals surface area contributed by atoms with Crippen molar-refractivity contribution in [2.75, 3.05) is 14.7 Å². The Hall–Kier alpha value is -6.98. The molecule has 85 heavy (non-hydrogen) atoms. The average molecular weight is 1120 g/mol. The fraction of sp³-hybridized carbons (Fsp3) is 0.400. The zero-order chi connectivity index (χ0) is 59.5. The lowest BCUT2D eigenvalue weighted by molar-refractivity contribution is 0.195. The molecule has 5 heteroatoms. The van der Waals surface area contributed by atoms with E-state index < -0.39 is 0 Å². The summed E-state index contributed by atoms with van der Waals surface area (Å²) in [6.45, 7) is 39.3. The molecule has 9 aromatic rings. The highest BCUT2D eigenvalue weighted by molar-refractivity contribution is 7.00. The summed E-state index contributed by atoms with van der Waals surface area (Å²) in [4.78, 5) is 8.33. The van der Waals surface area contributed by atoms with Gasteiger partial charge in [0.1, 0.15) is 5.58 Å². The molecule has 1 aromatic heterocycles. The molecule has 0 saturated heterocycles. The molecule has 1 fully saturated rings. The maximum atomic E-state index is 7.45. The predicted molar refractivity (Wildman–Crippen MR) is 364 cm³/mol. The average Bonchev–Trinajstić information content (AvgIpc) is 1.68. The zero-order valence-corrected chi connectivity index (χ0v) is 53.8. The molecule has 0 N–H and O–H groups in total. The Balaban J connectivity index is 1.13. The van der Waals surface area contributed by atoms with E-state index in [2.05, 4.69) is 271 Å². The quantitative estimate of drug-likeness (QED) is 0.164. The molecule has 8 aromatic carbocycles. The Morgan fingerprint density at radius 3 is 1.69 bits per heavy atom. The van der Waals surface area contributed by atoms with Crippen LogP contribution in [0.1, 0.15) is 201 Å². The fourth-order valence-electron chi connectivity index (χ4n) is 17.3. The van der Waals surface area contributed by atoms with Crippen molar-refractivity contribution in [2.45, 2.75) is 206 Å². The Labute approximate surface area is 508 Å². The number of hydrogen-bond acceptors (Lipinski definition) is 4. The highest BCUT2D eigenvalue weighted by atomic mass is 16.3. The van der Waals surface area contributed by atoms with Crippen LogP contribution >= 0.6 is 0 Å². The van der Waals surface area contributed by atoms with Crippen molar-refractivity contribution in [1.29, 1.82) is 0 Å². The molecule has 2 atom stereocenters. The standard InChI is InChI=1S/C80H88BN3O/c1-73(2,3)50-28-34-64(56(42-50)49-24-18-17-19-25-49)83-68-46-53(84-65-35-29-51(74(4,5)6)43-61(65)79(15)36-22-23-37-80(79,84)16)45-67-70(68)81(62-33-31-55-54-26-20-21-27-69(54)85-72(55)71(62)83)63-47-59-60(78(13,14)41-40-77(59,11)12)48-66(63)82(67)52-30-32-57-58(44-52)76(9,10)39-38-75(57,7)8/h17-21,24-35,42-48H,22-23,36-41H2,1-16H3. The van der Waals surface area contributed by atoms with E-state index in [-0.39, 0.29) is 50.2 Å². The van der Waals surface area contributed by atoms with E-state index in [0.29, 0.717) is 0 Å². The number of furan rings is 1. The number of hydrogen-bond donors (Lipinski definition) is 0. The SMILES string of the molecule is CC(C)(C)c1ccc(N2c3cc(N4c5ccc(C(C)(C)C)cc5C5(C)CCCCC45C)cc4c3B(c3cc5c(cc3N4c3ccc4c(c3)C(C)(C)CCC4(C)C)C(C)(C)CCC5(C)C)c3ccc4c(oc5ccccc54)c32)c(-c2ccccc2)c1. The first-order valence-electron chi connectivity index (χ1n) is 32.3. The van der Waals surface area contributed by atoms with E-state index in [1.54, 1.807) is 0 Å². The molecule has 3 aliphatic carbocycles. The van der Waals surface area contributed by atoms with E-state index in [9.17, 15) is 0 Å². The van der Waals surface area contributed by atoms with Crippen LogP contribution in [0.25, 0.3) is 33.1 Å². The highest BCUT2D eigenvalue weighted by Crippen LogP contribution is 2.63. The summed E-state index contributed by atoms with van der Waals surface area (Å²) in [7, 11) is 0. The van der Waals surface area contributed by atoms with Crippen LogP contribution in [0.5, 0.6) is 0 Å². The van der Waals surface area contributed by atoms with Crippen molar-refractivity contribution in [2.24, 2.45) is 0 Å². The maximum absolute atomic E-state index is 7.45. The number of rotatable bonds is 4. The summed E-state index contributed by atoms with van der Waals surface area (Å²) < 4.78 is 7.45. The van der Waals surface area contributed by atoms with Gasteiger partial charge in [-0.3, -0.25) is 0 Å². The first kappa shape index (κ1) is 54.7. The first-order valence-corrected chi connectivity index (χ1v) is 32.3. The van der Waals surface area contributed by atoms with Gasteiger partial charge in [0.15, 0.2) is 5.58 Å². The van der Waals surface area contributed by atoms with Crippen LogP contribution in [0.4, 0.5) is 45.5 Å². The van der Waals surface area contributed by atoms with E-state index >= 15 is 0 Å². The minimum Gasteiger partial charge on any atom is -0.454 e. The van der Waals surface area contributed by atoms with Gasteiger partial charge in [-0.15, -0.1) is 0 Å². The lowest BCUT2D eigenvalue weighted by Gasteiger charge is -2.51. The minimum absolute atomic E-state index is 0.0110. The summed E-state index contributed by atoms with van der Waals surface area (Å²) in [5.74, 6) is 0. The molecule has 4 nitrogen and oxygen atoms in total. The van der Waals surface area contributed by atoms with Gasteiger partial charge >= 0.3 is 0 Å². The van der Waals surface area contributed by atoms with Crippen LogP contribution in [-0.2, 0) is 37.9 Å². The predicted octanol–water partition coefficient (Wildman–Crippen LogP) is 20.4. The van der Waals surface area contributed by atoms with Crippen LogP contribution in [-0.4, -0.2) is 12.3 Å². The number of benzene rings is 8. The second kappa shape index (κ2) is 17.8. The largest absolute Gasteiger partial charge is 0.454 e. The highest BCUT2D eigenvalue weighted by Gasteiger charge is 2.59. The second-order valence-electron chi connectivity index (χ2n) is 32.2. The Morgan fingerprint density at radius 2 is 1.01 bits per heavy atom. The monoisotopic (exact) mass is 1120 g/mol. The number of anilines is 8. The number of fused-ring (bicyclic) bond motifs is 13. The number of para-hydroxylation sites is 1. The van der Waals surface area contributed by atoms with Gasteiger partial charge < -0.3 is 19.1 Å². The molecule has 4 heterocycles. The third kappa shape index (κ3) is 7.78. The third-order valence-corrected chi connectivity index (χ3v) is 23.0. The van der Waals surface area contributed by atoms with Crippen molar-refractivity contribution in [1.82, 2.24) is 0 Å². The van der Waals surface area contributed by atoms with Crippen LogP contribution in [0.3, 0.4) is 0 Å².